The van der Waals surface area contributed by atoms with Crippen molar-refractivity contribution in [2.75, 3.05) is 28.4 Å². The Bertz CT molecular complexity index is 1910. The second kappa shape index (κ2) is 13.0. The van der Waals surface area contributed by atoms with Crippen LogP contribution in [0.2, 0.25) is 0 Å². The van der Waals surface area contributed by atoms with Crippen molar-refractivity contribution in [1.29, 1.82) is 0 Å². The molecule has 6 rings (SSSR count). The van der Waals surface area contributed by atoms with Crippen LogP contribution in [0.5, 0.6) is 23.0 Å². The van der Waals surface area contributed by atoms with E-state index in [1.165, 1.54) is 14.2 Å². The van der Waals surface area contributed by atoms with Crippen molar-refractivity contribution in [1.82, 2.24) is 29.9 Å². The highest BCUT2D eigenvalue weighted by Crippen LogP contribution is 2.32. The molecule has 45 heavy (non-hydrogen) atoms. The van der Waals surface area contributed by atoms with E-state index in [0.717, 1.165) is 22.2 Å². The van der Waals surface area contributed by atoms with Crippen LogP contribution in [-0.4, -0.2) is 66.8 Å². The first kappa shape index (κ1) is 30.2. The van der Waals surface area contributed by atoms with Crippen LogP contribution < -0.4 is 18.9 Å². The van der Waals surface area contributed by atoms with Gasteiger partial charge in [0, 0.05) is 24.5 Å². The van der Waals surface area contributed by atoms with E-state index < -0.39 is 21.6 Å². The van der Waals surface area contributed by atoms with Gasteiger partial charge in [-0.15, -0.1) is 0 Å². The summed E-state index contributed by atoms with van der Waals surface area (Å²) in [5.41, 5.74) is 6.11. The number of fused-ring (bicyclic) bond motifs is 2. The fourth-order valence-corrected chi connectivity index (χ4v) is 7.06. The number of hydrogen-bond donors (Lipinski definition) is 2. The Morgan fingerprint density at radius 3 is 1.47 bits per heavy atom. The summed E-state index contributed by atoms with van der Waals surface area (Å²) in [6, 6.07) is 15.2. The number of nitrogens with zero attached hydrogens (tertiary/aromatic N) is 4. The molecule has 0 radical (unpaired) electrons. The van der Waals surface area contributed by atoms with Crippen molar-refractivity contribution >= 4 is 43.7 Å². The maximum Gasteiger partial charge on any atom is 0.197 e. The minimum Gasteiger partial charge on any atom is -0.493 e. The van der Waals surface area contributed by atoms with Gasteiger partial charge in [-0.05, 0) is 41.8 Å². The van der Waals surface area contributed by atoms with Crippen molar-refractivity contribution in [3.8, 4) is 23.0 Å². The van der Waals surface area contributed by atoms with Gasteiger partial charge >= 0.3 is 0 Å². The summed E-state index contributed by atoms with van der Waals surface area (Å²) >= 11 is 0. The fourth-order valence-electron chi connectivity index (χ4n) is 5.03. The average Bonchev–Trinajstić information content (AvgIpc) is 3.68. The van der Waals surface area contributed by atoms with Gasteiger partial charge in [-0.25, -0.2) is 9.97 Å². The first-order chi connectivity index (χ1) is 21.9. The molecule has 0 aliphatic carbocycles. The molecule has 0 saturated heterocycles. The molecule has 14 heteroatoms. The zero-order valence-corrected chi connectivity index (χ0v) is 26.6. The predicted octanol–water partition coefficient (Wildman–Crippen LogP) is 4.47. The number of methoxy groups -OCH3 is 4. The molecule has 0 aliphatic rings. The maximum absolute atomic E-state index is 13.2. The molecule has 2 unspecified atom stereocenters. The Morgan fingerprint density at radius 2 is 1.07 bits per heavy atom. The molecule has 0 spiro atoms. The van der Waals surface area contributed by atoms with E-state index >= 15 is 0 Å². The molecular formula is C31H30N6O6S2. The molecule has 0 fully saturated rings. The van der Waals surface area contributed by atoms with Crippen LogP contribution in [0.1, 0.15) is 22.5 Å². The highest BCUT2D eigenvalue weighted by Gasteiger charge is 2.19. The van der Waals surface area contributed by atoms with Crippen LogP contribution in [0.4, 0.5) is 0 Å². The van der Waals surface area contributed by atoms with Gasteiger partial charge in [0.2, 0.25) is 0 Å². The molecular weight excluding hydrogens is 617 g/mol. The van der Waals surface area contributed by atoms with E-state index in [1.807, 2.05) is 36.4 Å². The highest BCUT2D eigenvalue weighted by molar-refractivity contribution is 7.84. The largest absolute Gasteiger partial charge is 0.493 e. The van der Waals surface area contributed by atoms with E-state index in [2.05, 4.69) is 29.9 Å². The van der Waals surface area contributed by atoms with Crippen LogP contribution in [-0.2, 0) is 39.5 Å². The molecule has 2 aromatic carbocycles. The number of benzene rings is 2. The van der Waals surface area contributed by atoms with Crippen LogP contribution in [0.3, 0.4) is 0 Å². The fraction of sp³-hybridized carbons (Fsp3) is 0.226. The summed E-state index contributed by atoms with van der Waals surface area (Å²) in [5, 5.41) is 0.713. The second-order valence-corrected chi connectivity index (χ2v) is 12.7. The lowest BCUT2D eigenvalue weighted by atomic mass is 10.0. The number of ether oxygens (including phenoxy) is 4. The number of pyridine rings is 2. The standard InChI is InChI=1S/C31H30N6O6S2/c1-40-26-9-11-32-24(28(26)42-3)16-44(38)30-34-20-7-5-18(14-22(20)36-30)13-19-6-8-21-23(15-19)37-31(35-21)45(39)17-25-29(43-4)27(41-2)10-12-33-25/h5-12,14-15H,13,16-17H2,1-4H3,(H,34,36)(H,35,37). The summed E-state index contributed by atoms with van der Waals surface area (Å²) in [7, 11) is 3.17. The van der Waals surface area contributed by atoms with Gasteiger partial charge in [-0.3, -0.25) is 18.4 Å². The number of nitrogens with one attached hydrogen (secondary N) is 2. The van der Waals surface area contributed by atoms with Crippen LogP contribution in [0.15, 0.2) is 71.2 Å². The van der Waals surface area contributed by atoms with Crippen molar-refractivity contribution in [2.45, 2.75) is 28.2 Å². The molecule has 232 valence electrons. The molecule has 6 aromatic rings. The van der Waals surface area contributed by atoms with Gasteiger partial charge in [0.05, 0.1) is 95.0 Å². The lowest BCUT2D eigenvalue weighted by Crippen LogP contribution is -2.04. The van der Waals surface area contributed by atoms with Gasteiger partial charge in [-0.1, -0.05) is 12.1 Å². The Balaban J connectivity index is 1.17. The molecule has 4 heterocycles. The third kappa shape index (κ3) is 6.24. The Hall–Kier alpha value is -4.82. The Labute approximate surface area is 263 Å². The number of aromatic nitrogens is 6. The normalized spacial score (nSPS) is 12.7. The predicted molar refractivity (Wildman–Crippen MR) is 170 cm³/mol. The van der Waals surface area contributed by atoms with Gasteiger partial charge in [-0.2, -0.15) is 0 Å². The minimum atomic E-state index is -1.49. The molecule has 0 amide bonds. The van der Waals surface area contributed by atoms with Crippen molar-refractivity contribution < 1.29 is 27.4 Å². The van der Waals surface area contributed by atoms with E-state index in [4.69, 9.17) is 18.9 Å². The van der Waals surface area contributed by atoms with Gasteiger partial charge in [0.25, 0.3) is 0 Å². The SMILES string of the molecule is COc1ccnc(CS(=O)c2nc3ccc(Cc4ccc5nc(S(=O)Cc6nccc(OC)c6OC)[nH]c5c4)cc3[nH]2)c1OC. The van der Waals surface area contributed by atoms with Gasteiger partial charge in [0.15, 0.2) is 33.3 Å². The Kier molecular flexibility index (Phi) is 8.76. The molecule has 12 nitrogen and oxygen atoms in total. The van der Waals surface area contributed by atoms with Crippen molar-refractivity contribution in [2.24, 2.45) is 0 Å². The topological polar surface area (TPSA) is 154 Å². The average molecular weight is 647 g/mol. The van der Waals surface area contributed by atoms with Gasteiger partial charge < -0.3 is 28.9 Å². The first-order valence-corrected chi connectivity index (χ1v) is 16.4. The van der Waals surface area contributed by atoms with E-state index in [1.54, 1.807) is 38.7 Å². The summed E-state index contributed by atoms with van der Waals surface area (Å²) in [6.45, 7) is 0. The monoisotopic (exact) mass is 646 g/mol. The minimum absolute atomic E-state index is 0.119. The molecule has 2 atom stereocenters. The number of H-pyrrole nitrogens is 2. The summed E-state index contributed by atoms with van der Waals surface area (Å²) < 4.78 is 47.9. The van der Waals surface area contributed by atoms with Crippen LogP contribution >= 0.6 is 0 Å². The summed E-state index contributed by atoms with van der Waals surface area (Å²) in [4.78, 5) is 24.2. The lowest BCUT2D eigenvalue weighted by Gasteiger charge is -2.10. The third-order valence-corrected chi connectivity index (χ3v) is 9.48. The maximum atomic E-state index is 13.2. The first-order valence-electron chi connectivity index (χ1n) is 13.8. The van der Waals surface area contributed by atoms with Gasteiger partial charge in [0.1, 0.15) is 0 Å². The van der Waals surface area contributed by atoms with Crippen molar-refractivity contribution in [3.05, 3.63) is 83.4 Å². The second-order valence-electron chi connectivity index (χ2n) is 9.93. The molecule has 2 N–H and O–H groups in total. The zero-order chi connectivity index (χ0) is 31.5. The molecule has 0 saturated carbocycles. The smallest absolute Gasteiger partial charge is 0.197 e. The lowest BCUT2D eigenvalue weighted by molar-refractivity contribution is 0.350. The number of rotatable bonds is 12. The third-order valence-electron chi connectivity index (χ3n) is 7.16. The van der Waals surface area contributed by atoms with Crippen LogP contribution in [0, 0.1) is 0 Å². The van der Waals surface area contributed by atoms with E-state index in [0.29, 0.717) is 62.2 Å². The Morgan fingerprint density at radius 1 is 0.622 bits per heavy atom. The number of hydrogen-bond acceptors (Lipinski definition) is 10. The van der Waals surface area contributed by atoms with Crippen molar-refractivity contribution in [3.63, 3.8) is 0 Å². The number of aromatic amines is 2. The number of imidazole rings is 2. The zero-order valence-electron chi connectivity index (χ0n) is 24.9. The highest BCUT2D eigenvalue weighted by atomic mass is 32.2. The summed E-state index contributed by atoms with van der Waals surface area (Å²) in [5.74, 6) is 2.19. The molecule has 0 bridgehead atoms. The molecule has 0 aliphatic heterocycles. The van der Waals surface area contributed by atoms with E-state index in [-0.39, 0.29) is 11.5 Å². The summed E-state index contributed by atoms with van der Waals surface area (Å²) in [6.07, 6.45) is 3.82. The quantitative estimate of drug-likeness (QED) is 0.195. The molecule has 4 aromatic heterocycles. The van der Waals surface area contributed by atoms with Crippen LogP contribution in [0.25, 0.3) is 22.1 Å². The van der Waals surface area contributed by atoms with E-state index in [9.17, 15) is 8.42 Å².